The summed E-state index contributed by atoms with van der Waals surface area (Å²) in [5, 5.41) is 2.84. The van der Waals surface area contributed by atoms with Gasteiger partial charge in [0.1, 0.15) is 11.6 Å². The fourth-order valence-corrected chi connectivity index (χ4v) is 3.33. The largest absolute Gasteiger partial charge is 0.444 e. The average Bonchev–Trinajstić information content (AvgIpc) is 2.89. The van der Waals surface area contributed by atoms with Crippen LogP contribution in [0.25, 0.3) is 0 Å². The molecule has 1 aliphatic rings. The van der Waals surface area contributed by atoms with Crippen LogP contribution in [0.3, 0.4) is 0 Å². The molecule has 120 valence electrons. The third kappa shape index (κ3) is 4.64. The first-order valence-corrected chi connectivity index (χ1v) is 8.85. The topological polar surface area (TPSA) is 58.6 Å². The molecule has 1 aromatic rings. The number of carbonyl (C=O) groups excluding carboxylic acids is 2. The van der Waals surface area contributed by atoms with E-state index in [1.807, 2.05) is 45.0 Å². The second-order valence-corrected chi connectivity index (χ2v) is 7.88. The summed E-state index contributed by atoms with van der Waals surface area (Å²) in [6, 6.07) is 6.81. The number of nitrogens with zero attached hydrogens (tertiary/aromatic N) is 1. The van der Waals surface area contributed by atoms with Crippen LogP contribution >= 0.6 is 27.7 Å². The van der Waals surface area contributed by atoms with Gasteiger partial charge >= 0.3 is 6.09 Å². The van der Waals surface area contributed by atoms with Crippen LogP contribution in [0.15, 0.2) is 28.7 Å². The van der Waals surface area contributed by atoms with Gasteiger partial charge in [-0.15, -0.1) is 11.8 Å². The van der Waals surface area contributed by atoms with Gasteiger partial charge in [-0.25, -0.2) is 4.79 Å². The summed E-state index contributed by atoms with van der Waals surface area (Å²) in [5.41, 5.74) is 0.131. The Morgan fingerprint density at radius 2 is 1.95 bits per heavy atom. The van der Waals surface area contributed by atoms with Gasteiger partial charge in [-0.1, -0.05) is 15.9 Å². The first-order chi connectivity index (χ1) is 10.3. The second-order valence-electron chi connectivity index (χ2n) is 5.96. The van der Waals surface area contributed by atoms with E-state index in [2.05, 4.69) is 21.2 Å². The third-order valence-corrected chi connectivity index (χ3v) is 4.47. The van der Waals surface area contributed by atoms with E-state index >= 15 is 0 Å². The molecule has 0 saturated carbocycles. The minimum atomic E-state index is -0.572. The standard InChI is InChI=1S/C15H19BrN2O3S/c1-15(2,3)21-14(20)18-9-22-8-12(18)13(19)17-11-6-4-10(16)5-7-11/h4-7,12H,8-9H2,1-3H3,(H,17,19)/t12-/m0/s1. The zero-order chi connectivity index (χ0) is 16.3. The smallest absolute Gasteiger partial charge is 0.411 e. The van der Waals surface area contributed by atoms with Crippen LogP contribution in [0.4, 0.5) is 10.5 Å². The summed E-state index contributed by atoms with van der Waals surface area (Å²) < 4.78 is 6.30. The van der Waals surface area contributed by atoms with Crippen LogP contribution in [0.2, 0.25) is 0 Å². The van der Waals surface area contributed by atoms with Crippen LogP contribution in [0, 0.1) is 0 Å². The number of hydrogen-bond donors (Lipinski definition) is 1. The minimum absolute atomic E-state index is 0.196. The molecule has 7 heteroatoms. The Morgan fingerprint density at radius 3 is 2.55 bits per heavy atom. The highest BCUT2D eigenvalue weighted by atomic mass is 79.9. The van der Waals surface area contributed by atoms with Crippen molar-refractivity contribution < 1.29 is 14.3 Å². The molecule has 2 rings (SSSR count). The molecule has 1 N–H and O–H groups in total. The Balaban J connectivity index is 2.01. The number of rotatable bonds is 2. The Kier molecular flexibility index (Phi) is 5.39. The van der Waals surface area contributed by atoms with E-state index < -0.39 is 17.7 Å². The SMILES string of the molecule is CC(C)(C)OC(=O)N1CSC[C@H]1C(=O)Nc1ccc(Br)cc1. The monoisotopic (exact) mass is 386 g/mol. The van der Waals surface area contributed by atoms with Crippen LogP contribution in [0.5, 0.6) is 0 Å². The van der Waals surface area contributed by atoms with Crippen LogP contribution < -0.4 is 5.32 Å². The first-order valence-electron chi connectivity index (χ1n) is 6.90. The molecule has 1 fully saturated rings. The normalized spacial score (nSPS) is 18.2. The summed E-state index contributed by atoms with van der Waals surface area (Å²) in [6.45, 7) is 5.43. The summed E-state index contributed by atoms with van der Waals surface area (Å²) in [5.74, 6) is 0.841. The van der Waals surface area contributed by atoms with E-state index in [0.29, 0.717) is 17.3 Å². The van der Waals surface area contributed by atoms with Crippen molar-refractivity contribution in [3.05, 3.63) is 28.7 Å². The first kappa shape index (κ1) is 17.1. The number of carbonyl (C=O) groups is 2. The second kappa shape index (κ2) is 6.91. The quantitative estimate of drug-likeness (QED) is 0.841. The predicted octanol–water partition coefficient (Wildman–Crippen LogP) is 3.70. The fraction of sp³-hybridized carbons (Fsp3) is 0.467. The molecule has 2 amide bonds. The molecular formula is C15H19BrN2O3S. The molecule has 1 saturated heterocycles. The molecular weight excluding hydrogens is 368 g/mol. The van der Waals surface area contributed by atoms with E-state index in [9.17, 15) is 9.59 Å². The lowest BCUT2D eigenvalue weighted by Gasteiger charge is -2.27. The number of hydrogen-bond acceptors (Lipinski definition) is 4. The van der Waals surface area contributed by atoms with Gasteiger partial charge < -0.3 is 10.1 Å². The highest BCUT2D eigenvalue weighted by molar-refractivity contribution is 9.10. The highest BCUT2D eigenvalue weighted by Gasteiger charge is 2.37. The van der Waals surface area contributed by atoms with Crippen LogP contribution in [-0.4, -0.2) is 40.2 Å². The van der Waals surface area contributed by atoms with Crippen molar-refractivity contribution in [2.24, 2.45) is 0 Å². The van der Waals surface area contributed by atoms with Crippen molar-refractivity contribution in [3.8, 4) is 0 Å². The van der Waals surface area contributed by atoms with Gasteiger partial charge in [0.15, 0.2) is 0 Å². The number of thioether (sulfide) groups is 1. The number of ether oxygens (including phenoxy) is 1. The van der Waals surface area contributed by atoms with Gasteiger partial charge in [0.05, 0.1) is 5.88 Å². The summed E-state index contributed by atoms with van der Waals surface area (Å²) in [6.07, 6.45) is -0.451. The Hall–Kier alpha value is -1.21. The molecule has 1 aromatic carbocycles. The van der Waals surface area contributed by atoms with Gasteiger partial charge in [0.2, 0.25) is 5.91 Å². The van der Waals surface area contributed by atoms with Gasteiger partial charge in [-0.2, -0.15) is 0 Å². The van der Waals surface area contributed by atoms with E-state index in [0.717, 1.165) is 4.47 Å². The number of nitrogens with one attached hydrogen (secondary N) is 1. The van der Waals surface area contributed by atoms with Gasteiger partial charge in [-0.05, 0) is 45.0 Å². The molecule has 1 heterocycles. The summed E-state index contributed by atoms with van der Waals surface area (Å²) in [7, 11) is 0. The Morgan fingerprint density at radius 1 is 1.32 bits per heavy atom. The molecule has 5 nitrogen and oxygen atoms in total. The lowest BCUT2D eigenvalue weighted by molar-refractivity contribution is -0.120. The number of halogens is 1. The average molecular weight is 387 g/mol. The maximum absolute atomic E-state index is 12.4. The van der Waals surface area contributed by atoms with Crippen molar-refractivity contribution in [2.75, 3.05) is 16.9 Å². The van der Waals surface area contributed by atoms with Gasteiger partial charge in [0.25, 0.3) is 0 Å². The predicted molar refractivity (Wildman–Crippen MR) is 92.0 cm³/mol. The molecule has 0 spiro atoms. The van der Waals surface area contributed by atoms with Crippen molar-refractivity contribution in [2.45, 2.75) is 32.4 Å². The maximum Gasteiger partial charge on any atom is 0.411 e. The van der Waals surface area contributed by atoms with Crippen molar-refractivity contribution >= 4 is 45.4 Å². The van der Waals surface area contributed by atoms with Gasteiger partial charge in [-0.3, -0.25) is 9.69 Å². The molecule has 1 atom stereocenters. The van der Waals surface area contributed by atoms with Gasteiger partial charge in [0, 0.05) is 15.9 Å². The van der Waals surface area contributed by atoms with E-state index in [1.165, 1.54) is 4.90 Å². The zero-order valence-corrected chi connectivity index (χ0v) is 15.2. The molecule has 0 aliphatic carbocycles. The molecule has 0 radical (unpaired) electrons. The van der Waals surface area contributed by atoms with Crippen LogP contribution in [-0.2, 0) is 9.53 Å². The molecule has 0 bridgehead atoms. The third-order valence-electron chi connectivity index (χ3n) is 2.92. The molecule has 0 unspecified atom stereocenters. The van der Waals surface area contributed by atoms with E-state index in [4.69, 9.17) is 4.74 Å². The summed E-state index contributed by atoms with van der Waals surface area (Å²) in [4.78, 5) is 26.0. The lowest BCUT2D eigenvalue weighted by Crippen LogP contribution is -2.46. The van der Waals surface area contributed by atoms with E-state index in [1.54, 1.807) is 11.8 Å². The van der Waals surface area contributed by atoms with Crippen molar-refractivity contribution in [1.29, 1.82) is 0 Å². The van der Waals surface area contributed by atoms with Crippen LogP contribution in [0.1, 0.15) is 20.8 Å². The van der Waals surface area contributed by atoms with Crippen molar-refractivity contribution in [3.63, 3.8) is 0 Å². The van der Waals surface area contributed by atoms with Crippen molar-refractivity contribution in [1.82, 2.24) is 4.90 Å². The number of amides is 2. The molecule has 0 aromatic heterocycles. The van der Waals surface area contributed by atoms with E-state index in [-0.39, 0.29) is 5.91 Å². The molecule has 1 aliphatic heterocycles. The summed E-state index contributed by atoms with van der Waals surface area (Å²) >= 11 is 4.89. The molecule has 22 heavy (non-hydrogen) atoms. The highest BCUT2D eigenvalue weighted by Crippen LogP contribution is 2.25. The fourth-order valence-electron chi connectivity index (χ4n) is 1.92. The number of benzene rings is 1. The zero-order valence-electron chi connectivity index (χ0n) is 12.8. The lowest BCUT2D eigenvalue weighted by atomic mass is 10.2. The number of anilines is 1. The Bertz CT molecular complexity index is 557. The maximum atomic E-state index is 12.4. The Labute approximate surface area is 142 Å². The minimum Gasteiger partial charge on any atom is -0.444 e.